The van der Waals surface area contributed by atoms with Crippen molar-refractivity contribution in [3.8, 4) is 17.2 Å². The zero-order chi connectivity index (χ0) is 23.4. The molecule has 1 aliphatic heterocycles. The largest absolute Gasteiger partial charge is 0.497 e. The molecular weight excluding hydrogens is 437 g/mol. The maximum absolute atomic E-state index is 13.1. The summed E-state index contributed by atoms with van der Waals surface area (Å²) in [4.78, 5) is 14.6. The van der Waals surface area contributed by atoms with Gasteiger partial charge in [-0.2, -0.15) is 13.2 Å². The Balaban J connectivity index is 1.56. The number of carbonyl (C=O) groups excluding carboxylic acids is 1. The molecule has 9 heteroatoms. The van der Waals surface area contributed by atoms with Gasteiger partial charge in [-0.3, -0.25) is 0 Å². The van der Waals surface area contributed by atoms with Crippen LogP contribution in [0.25, 0.3) is 0 Å². The summed E-state index contributed by atoms with van der Waals surface area (Å²) in [5.74, 6) is 1.87. The smallest absolute Gasteiger partial charge is 0.416 e. The molecule has 4 rings (SSSR count). The Morgan fingerprint density at radius 2 is 1.67 bits per heavy atom. The van der Waals surface area contributed by atoms with E-state index in [2.05, 4.69) is 5.32 Å². The lowest BCUT2D eigenvalue weighted by Crippen LogP contribution is -2.34. The number of rotatable bonds is 6. The summed E-state index contributed by atoms with van der Waals surface area (Å²) in [6, 6.07) is 16.5. The minimum absolute atomic E-state index is 0.0558. The van der Waals surface area contributed by atoms with Crippen LogP contribution in [0.1, 0.15) is 16.7 Å². The Morgan fingerprint density at radius 3 is 2.39 bits per heavy atom. The third-order valence-electron chi connectivity index (χ3n) is 5.07. The Kier molecular flexibility index (Phi) is 6.30. The Hall–Kier alpha value is -3.88. The highest BCUT2D eigenvalue weighted by Gasteiger charge is 2.30. The fourth-order valence-electron chi connectivity index (χ4n) is 3.39. The molecule has 172 valence electrons. The van der Waals surface area contributed by atoms with E-state index in [1.165, 1.54) is 17.0 Å². The van der Waals surface area contributed by atoms with E-state index < -0.39 is 17.8 Å². The lowest BCUT2D eigenvalue weighted by molar-refractivity contribution is -0.137. The van der Waals surface area contributed by atoms with Crippen molar-refractivity contribution in [1.29, 1.82) is 0 Å². The molecule has 2 amide bonds. The number of urea groups is 1. The van der Waals surface area contributed by atoms with E-state index in [1.54, 1.807) is 31.4 Å². The first-order chi connectivity index (χ1) is 15.8. The van der Waals surface area contributed by atoms with Crippen molar-refractivity contribution in [2.45, 2.75) is 19.3 Å². The number of carbonyl (C=O) groups is 1. The monoisotopic (exact) mass is 458 g/mol. The Morgan fingerprint density at radius 1 is 0.970 bits per heavy atom. The van der Waals surface area contributed by atoms with Crippen LogP contribution in [0.3, 0.4) is 0 Å². The summed E-state index contributed by atoms with van der Waals surface area (Å²) >= 11 is 0. The fourth-order valence-corrected chi connectivity index (χ4v) is 3.39. The summed E-state index contributed by atoms with van der Waals surface area (Å²) in [5.41, 5.74) is 0.834. The van der Waals surface area contributed by atoms with E-state index in [-0.39, 0.29) is 25.6 Å². The molecule has 6 nitrogen and oxygen atoms in total. The third kappa shape index (κ3) is 5.49. The van der Waals surface area contributed by atoms with Gasteiger partial charge in [0.15, 0.2) is 11.5 Å². The van der Waals surface area contributed by atoms with Crippen LogP contribution in [0.4, 0.5) is 23.7 Å². The molecule has 0 aliphatic carbocycles. The van der Waals surface area contributed by atoms with Gasteiger partial charge in [-0.15, -0.1) is 0 Å². The van der Waals surface area contributed by atoms with Crippen molar-refractivity contribution >= 4 is 11.7 Å². The second-order valence-electron chi connectivity index (χ2n) is 7.40. The molecule has 0 aromatic heterocycles. The Bertz CT molecular complexity index is 1130. The van der Waals surface area contributed by atoms with Gasteiger partial charge in [0, 0.05) is 18.8 Å². The first-order valence-corrected chi connectivity index (χ1v) is 10.1. The van der Waals surface area contributed by atoms with E-state index in [9.17, 15) is 18.0 Å². The molecule has 1 aliphatic rings. The second-order valence-corrected chi connectivity index (χ2v) is 7.40. The highest BCUT2D eigenvalue weighted by Crippen LogP contribution is 2.33. The van der Waals surface area contributed by atoms with E-state index >= 15 is 0 Å². The molecule has 3 aromatic rings. The molecule has 0 unspecified atom stereocenters. The Labute approximate surface area is 188 Å². The maximum atomic E-state index is 13.1. The van der Waals surface area contributed by atoms with E-state index in [0.717, 1.165) is 23.3 Å². The molecule has 0 spiro atoms. The normalized spacial score (nSPS) is 12.4. The highest BCUT2D eigenvalue weighted by molar-refractivity contribution is 5.89. The molecule has 0 saturated carbocycles. The number of hydrogen-bond donors (Lipinski definition) is 1. The molecule has 0 atom stereocenters. The molecule has 0 fully saturated rings. The van der Waals surface area contributed by atoms with Crippen molar-refractivity contribution in [2.24, 2.45) is 0 Å². The summed E-state index contributed by atoms with van der Waals surface area (Å²) in [7, 11) is 1.56. The van der Waals surface area contributed by atoms with Gasteiger partial charge in [-0.25, -0.2) is 4.79 Å². The molecule has 3 aromatic carbocycles. The summed E-state index contributed by atoms with van der Waals surface area (Å²) < 4.78 is 55.1. The lowest BCUT2D eigenvalue weighted by atomic mass is 10.1. The van der Waals surface area contributed by atoms with Crippen molar-refractivity contribution in [3.05, 3.63) is 83.4 Å². The SMILES string of the molecule is COc1ccc(CN(Cc2ccc3c(c2)OCO3)C(=O)Nc2cccc(C(F)(F)F)c2)cc1. The quantitative estimate of drug-likeness (QED) is 0.517. The standard InChI is InChI=1S/C24H21F3N2O4/c1-31-20-8-5-16(6-9-20)13-29(14-17-7-10-21-22(11-17)33-15-32-21)23(30)28-19-4-2-3-18(12-19)24(25,26)27/h2-12H,13-15H2,1H3,(H,28,30). The minimum Gasteiger partial charge on any atom is -0.497 e. The highest BCUT2D eigenvalue weighted by atomic mass is 19.4. The van der Waals surface area contributed by atoms with Crippen LogP contribution in [0, 0.1) is 0 Å². The number of nitrogens with zero attached hydrogens (tertiary/aromatic N) is 1. The fraction of sp³-hybridized carbons (Fsp3) is 0.208. The first-order valence-electron chi connectivity index (χ1n) is 10.1. The van der Waals surface area contributed by atoms with Crippen LogP contribution in [0.15, 0.2) is 66.7 Å². The average molecular weight is 458 g/mol. The average Bonchev–Trinajstić information content (AvgIpc) is 3.27. The van der Waals surface area contributed by atoms with Gasteiger partial charge in [-0.1, -0.05) is 24.3 Å². The van der Waals surface area contributed by atoms with Crippen molar-refractivity contribution in [3.63, 3.8) is 0 Å². The summed E-state index contributed by atoms with van der Waals surface area (Å²) in [6.07, 6.45) is -4.50. The van der Waals surface area contributed by atoms with Crippen LogP contribution < -0.4 is 19.5 Å². The number of alkyl halides is 3. The number of anilines is 1. The summed E-state index contributed by atoms with van der Waals surface area (Å²) in [6.45, 7) is 0.557. The van der Waals surface area contributed by atoms with Gasteiger partial charge in [0.05, 0.1) is 12.7 Å². The number of methoxy groups -OCH3 is 1. The van der Waals surface area contributed by atoms with E-state index in [4.69, 9.17) is 14.2 Å². The van der Waals surface area contributed by atoms with Crippen LogP contribution in [-0.4, -0.2) is 24.8 Å². The van der Waals surface area contributed by atoms with E-state index in [1.807, 2.05) is 18.2 Å². The third-order valence-corrected chi connectivity index (χ3v) is 5.07. The number of amides is 2. The molecular formula is C24H21F3N2O4. The number of hydrogen-bond acceptors (Lipinski definition) is 4. The predicted molar refractivity (Wildman–Crippen MR) is 115 cm³/mol. The van der Waals surface area contributed by atoms with Gasteiger partial charge >= 0.3 is 12.2 Å². The molecule has 0 radical (unpaired) electrons. The van der Waals surface area contributed by atoms with Crippen molar-refractivity contribution in [1.82, 2.24) is 4.90 Å². The topological polar surface area (TPSA) is 60.0 Å². The number of fused-ring (bicyclic) bond motifs is 1. The van der Waals surface area contributed by atoms with Crippen LogP contribution in [0.5, 0.6) is 17.2 Å². The molecule has 0 saturated heterocycles. The van der Waals surface area contributed by atoms with Gasteiger partial charge < -0.3 is 24.4 Å². The van der Waals surface area contributed by atoms with Gasteiger partial charge in [0.1, 0.15) is 5.75 Å². The van der Waals surface area contributed by atoms with Gasteiger partial charge in [-0.05, 0) is 53.6 Å². The number of ether oxygens (including phenoxy) is 3. The predicted octanol–water partition coefficient (Wildman–Crippen LogP) is 5.68. The molecule has 0 bridgehead atoms. The van der Waals surface area contributed by atoms with Crippen molar-refractivity contribution in [2.75, 3.05) is 19.2 Å². The van der Waals surface area contributed by atoms with Crippen molar-refractivity contribution < 1.29 is 32.2 Å². The summed E-state index contributed by atoms with van der Waals surface area (Å²) in [5, 5.41) is 2.58. The van der Waals surface area contributed by atoms with Gasteiger partial charge in [0.25, 0.3) is 0 Å². The van der Waals surface area contributed by atoms with Crippen LogP contribution in [0.2, 0.25) is 0 Å². The van der Waals surface area contributed by atoms with Gasteiger partial charge in [0.2, 0.25) is 6.79 Å². The lowest BCUT2D eigenvalue weighted by Gasteiger charge is -2.24. The first kappa shape index (κ1) is 22.3. The maximum Gasteiger partial charge on any atom is 0.416 e. The zero-order valence-corrected chi connectivity index (χ0v) is 17.7. The van der Waals surface area contributed by atoms with E-state index in [0.29, 0.717) is 17.2 Å². The van der Waals surface area contributed by atoms with Crippen LogP contribution in [-0.2, 0) is 19.3 Å². The minimum atomic E-state index is -4.50. The number of benzene rings is 3. The molecule has 1 heterocycles. The number of nitrogens with one attached hydrogen (secondary N) is 1. The number of halogens is 3. The second kappa shape index (κ2) is 9.32. The van der Waals surface area contributed by atoms with Crippen LogP contribution >= 0.6 is 0 Å². The molecule has 33 heavy (non-hydrogen) atoms. The zero-order valence-electron chi connectivity index (χ0n) is 17.7. The molecule has 1 N–H and O–H groups in total.